The summed E-state index contributed by atoms with van der Waals surface area (Å²) in [6.07, 6.45) is 2.89. The molecule has 0 aromatic heterocycles. The minimum atomic E-state index is -0.395. The number of unbranched alkanes of at least 4 members (excludes halogenated alkanes) is 1. The number of nitrogens with zero attached hydrogens (tertiary/aromatic N) is 1. The Labute approximate surface area is 109 Å². The van der Waals surface area contributed by atoms with E-state index in [1.54, 1.807) is 0 Å². The molecule has 0 saturated carbocycles. The zero-order valence-corrected chi connectivity index (χ0v) is 11.1. The van der Waals surface area contributed by atoms with Gasteiger partial charge in [0.05, 0.1) is 12.7 Å². The molecule has 3 nitrogen and oxygen atoms in total. The van der Waals surface area contributed by atoms with Crippen LogP contribution in [0.2, 0.25) is 0 Å². The standard InChI is InChI=1S/C15H23NO2/c1-2-3-10-18-12-14(17)11-16-9-8-13-6-4-5-7-15(13)16/h4-7,14,17H,2-3,8-12H2,1H3. The van der Waals surface area contributed by atoms with Crippen LogP contribution in [-0.2, 0) is 11.2 Å². The summed E-state index contributed by atoms with van der Waals surface area (Å²) >= 11 is 0. The van der Waals surface area contributed by atoms with Crippen LogP contribution in [0.4, 0.5) is 5.69 Å². The first-order chi connectivity index (χ1) is 8.81. The molecule has 0 fully saturated rings. The topological polar surface area (TPSA) is 32.7 Å². The van der Waals surface area contributed by atoms with Crippen LogP contribution in [0.5, 0.6) is 0 Å². The number of anilines is 1. The summed E-state index contributed by atoms with van der Waals surface area (Å²) in [6, 6.07) is 8.43. The van der Waals surface area contributed by atoms with Crippen molar-refractivity contribution in [1.82, 2.24) is 0 Å². The number of hydrogen-bond acceptors (Lipinski definition) is 3. The Balaban J connectivity index is 1.77. The first-order valence-electron chi connectivity index (χ1n) is 6.90. The highest BCUT2D eigenvalue weighted by Gasteiger charge is 2.20. The second-order valence-electron chi connectivity index (χ2n) is 4.91. The van der Waals surface area contributed by atoms with Crippen LogP contribution < -0.4 is 4.90 Å². The van der Waals surface area contributed by atoms with Gasteiger partial charge >= 0.3 is 0 Å². The van der Waals surface area contributed by atoms with E-state index in [1.807, 2.05) is 0 Å². The van der Waals surface area contributed by atoms with Crippen LogP contribution in [0, 0.1) is 0 Å². The zero-order chi connectivity index (χ0) is 12.8. The van der Waals surface area contributed by atoms with Crippen molar-refractivity contribution < 1.29 is 9.84 Å². The molecule has 1 aromatic carbocycles. The van der Waals surface area contributed by atoms with Crippen LogP contribution in [0.15, 0.2) is 24.3 Å². The Morgan fingerprint density at radius 3 is 3.06 bits per heavy atom. The van der Waals surface area contributed by atoms with Gasteiger partial charge in [0, 0.05) is 25.4 Å². The summed E-state index contributed by atoms with van der Waals surface area (Å²) in [5, 5.41) is 9.97. The molecule has 0 radical (unpaired) electrons. The number of ether oxygens (including phenoxy) is 1. The molecule has 0 amide bonds. The predicted molar refractivity (Wildman–Crippen MR) is 74.1 cm³/mol. The van der Waals surface area contributed by atoms with Crippen molar-refractivity contribution in [3.8, 4) is 0 Å². The lowest BCUT2D eigenvalue weighted by Crippen LogP contribution is -2.33. The molecule has 2 rings (SSSR count). The van der Waals surface area contributed by atoms with E-state index in [4.69, 9.17) is 4.74 Å². The lowest BCUT2D eigenvalue weighted by molar-refractivity contribution is 0.0393. The van der Waals surface area contributed by atoms with Crippen molar-refractivity contribution in [2.45, 2.75) is 32.3 Å². The van der Waals surface area contributed by atoms with E-state index >= 15 is 0 Å². The molecule has 1 atom stereocenters. The van der Waals surface area contributed by atoms with E-state index in [2.05, 4.69) is 36.1 Å². The molecule has 1 aliphatic rings. The van der Waals surface area contributed by atoms with Crippen molar-refractivity contribution in [1.29, 1.82) is 0 Å². The molecular formula is C15H23NO2. The summed E-state index contributed by atoms with van der Waals surface area (Å²) in [5.74, 6) is 0. The fraction of sp³-hybridized carbons (Fsp3) is 0.600. The summed E-state index contributed by atoms with van der Waals surface area (Å²) in [5.41, 5.74) is 2.65. The Kier molecular flexibility index (Phi) is 5.02. The van der Waals surface area contributed by atoms with Crippen molar-refractivity contribution >= 4 is 5.69 Å². The fourth-order valence-corrected chi connectivity index (χ4v) is 2.37. The third kappa shape index (κ3) is 3.47. The molecule has 1 heterocycles. The van der Waals surface area contributed by atoms with Gasteiger partial charge in [-0.2, -0.15) is 0 Å². The third-order valence-corrected chi connectivity index (χ3v) is 3.37. The first kappa shape index (κ1) is 13.4. The average molecular weight is 249 g/mol. The molecule has 18 heavy (non-hydrogen) atoms. The number of fused-ring (bicyclic) bond motifs is 1. The van der Waals surface area contributed by atoms with Crippen LogP contribution in [-0.4, -0.2) is 37.5 Å². The van der Waals surface area contributed by atoms with Gasteiger partial charge in [-0.25, -0.2) is 0 Å². The molecule has 3 heteroatoms. The van der Waals surface area contributed by atoms with E-state index in [0.717, 1.165) is 32.4 Å². The smallest absolute Gasteiger partial charge is 0.0947 e. The Bertz CT molecular complexity index is 367. The second kappa shape index (κ2) is 6.76. The number of aliphatic hydroxyl groups excluding tert-OH is 1. The molecule has 1 unspecified atom stereocenters. The Hall–Kier alpha value is -1.06. The third-order valence-electron chi connectivity index (χ3n) is 3.37. The SMILES string of the molecule is CCCCOCC(O)CN1CCc2ccccc21. The largest absolute Gasteiger partial charge is 0.389 e. The van der Waals surface area contributed by atoms with E-state index in [-0.39, 0.29) is 0 Å². The van der Waals surface area contributed by atoms with Gasteiger partial charge in [0.1, 0.15) is 0 Å². The minimum Gasteiger partial charge on any atom is -0.389 e. The lowest BCUT2D eigenvalue weighted by atomic mass is 10.2. The lowest BCUT2D eigenvalue weighted by Gasteiger charge is -2.22. The van der Waals surface area contributed by atoms with Gasteiger partial charge in [0.15, 0.2) is 0 Å². The van der Waals surface area contributed by atoms with Gasteiger partial charge in [-0.15, -0.1) is 0 Å². The van der Waals surface area contributed by atoms with E-state index in [1.165, 1.54) is 11.3 Å². The average Bonchev–Trinajstić information content (AvgIpc) is 2.78. The van der Waals surface area contributed by atoms with Gasteiger partial charge in [-0.3, -0.25) is 0 Å². The fourth-order valence-electron chi connectivity index (χ4n) is 2.37. The monoisotopic (exact) mass is 249 g/mol. The number of aliphatic hydroxyl groups is 1. The van der Waals surface area contributed by atoms with Crippen molar-refractivity contribution in [3.63, 3.8) is 0 Å². The summed E-state index contributed by atoms with van der Waals surface area (Å²) in [7, 11) is 0. The molecule has 0 saturated heterocycles. The van der Waals surface area contributed by atoms with Crippen molar-refractivity contribution in [2.75, 3.05) is 31.2 Å². The van der Waals surface area contributed by atoms with Crippen LogP contribution >= 0.6 is 0 Å². The van der Waals surface area contributed by atoms with E-state index in [9.17, 15) is 5.11 Å². The van der Waals surface area contributed by atoms with E-state index in [0.29, 0.717) is 13.2 Å². The van der Waals surface area contributed by atoms with Crippen molar-refractivity contribution in [2.24, 2.45) is 0 Å². The quantitative estimate of drug-likeness (QED) is 0.752. The minimum absolute atomic E-state index is 0.395. The molecular weight excluding hydrogens is 226 g/mol. The van der Waals surface area contributed by atoms with Gasteiger partial charge in [0.2, 0.25) is 0 Å². The molecule has 0 bridgehead atoms. The van der Waals surface area contributed by atoms with Gasteiger partial charge in [-0.05, 0) is 24.5 Å². The highest BCUT2D eigenvalue weighted by Crippen LogP contribution is 2.27. The molecule has 1 N–H and O–H groups in total. The van der Waals surface area contributed by atoms with E-state index < -0.39 is 6.10 Å². The number of benzene rings is 1. The van der Waals surface area contributed by atoms with Gasteiger partial charge < -0.3 is 14.7 Å². The van der Waals surface area contributed by atoms with Crippen LogP contribution in [0.1, 0.15) is 25.3 Å². The summed E-state index contributed by atoms with van der Waals surface area (Å²) in [4.78, 5) is 2.25. The second-order valence-corrected chi connectivity index (χ2v) is 4.91. The Morgan fingerprint density at radius 1 is 1.39 bits per heavy atom. The predicted octanol–water partition coefficient (Wildman–Crippen LogP) is 2.23. The van der Waals surface area contributed by atoms with Gasteiger partial charge in [-0.1, -0.05) is 31.5 Å². The molecule has 1 aliphatic heterocycles. The number of rotatable bonds is 7. The number of β-amino-alcohol motifs (C(OH)–C–C–N with tert-alkyl or cyclic N) is 1. The Morgan fingerprint density at radius 2 is 2.22 bits per heavy atom. The molecule has 0 spiro atoms. The van der Waals surface area contributed by atoms with Gasteiger partial charge in [0.25, 0.3) is 0 Å². The molecule has 1 aromatic rings. The maximum absolute atomic E-state index is 9.97. The highest BCUT2D eigenvalue weighted by molar-refractivity contribution is 5.57. The number of para-hydroxylation sites is 1. The van der Waals surface area contributed by atoms with Crippen LogP contribution in [0.25, 0.3) is 0 Å². The highest BCUT2D eigenvalue weighted by atomic mass is 16.5. The summed E-state index contributed by atoms with van der Waals surface area (Å²) in [6.45, 7) is 5.01. The first-order valence-corrected chi connectivity index (χ1v) is 6.90. The zero-order valence-electron chi connectivity index (χ0n) is 11.1. The van der Waals surface area contributed by atoms with Crippen molar-refractivity contribution in [3.05, 3.63) is 29.8 Å². The maximum atomic E-state index is 9.97. The molecule has 0 aliphatic carbocycles. The number of hydrogen-bond donors (Lipinski definition) is 1. The maximum Gasteiger partial charge on any atom is 0.0947 e. The van der Waals surface area contributed by atoms with Crippen LogP contribution in [0.3, 0.4) is 0 Å². The summed E-state index contributed by atoms with van der Waals surface area (Å²) < 4.78 is 5.46. The normalized spacial score (nSPS) is 15.8. The molecule has 100 valence electrons.